The van der Waals surface area contributed by atoms with Gasteiger partial charge >= 0.3 is 0 Å². The number of nitrogens with zero attached hydrogens (tertiary/aromatic N) is 1. The Bertz CT molecular complexity index is 512. The maximum absolute atomic E-state index is 11.6. The van der Waals surface area contributed by atoms with Gasteiger partial charge in [-0.15, -0.1) is 0 Å². The van der Waals surface area contributed by atoms with E-state index in [0.29, 0.717) is 25.6 Å². The van der Waals surface area contributed by atoms with E-state index in [4.69, 9.17) is 17.3 Å². The van der Waals surface area contributed by atoms with E-state index in [9.17, 15) is 4.79 Å². The molecule has 22 heavy (non-hydrogen) atoms. The summed E-state index contributed by atoms with van der Waals surface area (Å²) in [7, 11) is 0. The average molecular weight is 389 g/mol. The molecule has 1 fully saturated rings. The van der Waals surface area contributed by atoms with Crippen LogP contribution in [0.2, 0.25) is 5.02 Å². The molecule has 1 unspecified atom stereocenters. The first-order valence-electron chi connectivity index (χ1n) is 7.75. The van der Waals surface area contributed by atoms with E-state index in [1.807, 2.05) is 6.07 Å². The van der Waals surface area contributed by atoms with E-state index >= 15 is 0 Å². The third-order valence-corrected chi connectivity index (χ3v) is 5.24. The Labute approximate surface area is 145 Å². The molecule has 1 aromatic carbocycles. The second kappa shape index (κ2) is 8.87. The van der Waals surface area contributed by atoms with Crippen molar-refractivity contribution < 1.29 is 4.79 Å². The fourth-order valence-electron chi connectivity index (χ4n) is 2.82. The van der Waals surface area contributed by atoms with E-state index in [1.54, 1.807) is 0 Å². The third-order valence-electron chi connectivity index (χ3n) is 4.03. The van der Waals surface area contributed by atoms with Crippen molar-refractivity contribution >= 4 is 33.4 Å². The molecule has 3 N–H and O–H groups in total. The summed E-state index contributed by atoms with van der Waals surface area (Å²) in [4.78, 5) is 14.0. The van der Waals surface area contributed by atoms with E-state index in [-0.39, 0.29) is 5.91 Å². The average Bonchev–Trinajstić information content (AvgIpc) is 2.50. The van der Waals surface area contributed by atoms with Crippen molar-refractivity contribution in [1.29, 1.82) is 0 Å². The van der Waals surface area contributed by atoms with Gasteiger partial charge in [0.25, 0.3) is 0 Å². The van der Waals surface area contributed by atoms with Crippen molar-refractivity contribution in [3.63, 3.8) is 0 Å². The minimum atomic E-state index is 0.0438. The van der Waals surface area contributed by atoms with Gasteiger partial charge < -0.3 is 11.1 Å². The van der Waals surface area contributed by atoms with Crippen LogP contribution in [0.25, 0.3) is 0 Å². The number of benzene rings is 1. The SMILES string of the molecule is NCCC(=O)NCC1CCCCN1Cc1ccc(Cl)c(Br)c1. The normalized spacial score (nSPS) is 19.1. The summed E-state index contributed by atoms with van der Waals surface area (Å²) in [6.07, 6.45) is 3.95. The molecule has 0 saturated carbocycles. The maximum atomic E-state index is 11.6. The van der Waals surface area contributed by atoms with Crippen LogP contribution in [0.15, 0.2) is 22.7 Å². The number of likely N-dealkylation sites (tertiary alicyclic amines) is 1. The van der Waals surface area contributed by atoms with Crippen molar-refractivity contribution in [2.45, 2.75) is 38.3 Å². The Hall–Kier alpha value is -0.620. The van der Waals surface area contributed by atoms with E-state index in [1.165, 1.54) is 18.4 Å². The van der Waals surface area contributed by atoms with E-state index in [2.05, 4.69) is 38.3 Å². The summed E-state index contributed by atoms with van der Waals surface area (Å²) in [5, 5.41) is 3.73. The first-order chi connectivity index (χ1) is 10.6. The second-order valence-corrected chi connectivity index (χ2v) is 6.97. The molecular formula is C16H23BrClN3O. The number of carbonyl (C=O) groups is 1. The third kappa shape index (κ3) is 5.23. The van der Waals surface area contributed by atoms with Gasteiger partial charge in [0.2, 0.25) is 5.91 Å². The minimum absolute atomic E-state index is 0.0438. The molecule has 122 valence electrons. The van der Waals surface area contributed by atoms with Gasteiger partial charge in [-0.05, 0) is 53.0 Å². The highest BCUT2D eigenvalue weighted by Gasteiger charge is 2.22. The molecule has 0 aromatic heterocycles. The van der Waals surface area contributed by atoms with Gasteiger partial charge in [-0.2, -0.15) is 0 Å². The molecule has 1 saturated heterocycles. The maximum Gasteiger partial charge on any atom is 0.221 e. The molecule has 1 atom stereocenters. The molecule has 2 rings (SSSR count). The van der Waals surface area contributed by atoms with Gasteiger partial charge in [-0.3, -0.25) is 9.69 Å². The lowest BCUT2D eigenvalue weighted by atomic mass is 10.0. The lowest BCUT2D eigenvalue weighted by molar-refractivity contribution is -0.121. The number of halogens is 2. The van der Waals surface area contributed by atoms with Crippen molar-refractivity contribution in [3.8, 4) is 0 Å². The Kier molecular flexibility index (Phi) is 7.15. The van der Waals surface area contributed by atoms with E-state index in [0.717, 1.165) is 29.0 Å². The van der Waals surface area contributed by atoms with Crippen LogP contribution in [0.5, 0.6) is 0 Å². The van der Waals surface area contributed by atoms with Crippen LogP contribution in [0, 0.1) is 0 Å². The summed E-state index contributed by atoms with van der Waals surface area (Å²) in [6, 6.07) is 6.44. The Balaban J connectivity index is 1.94. The fourth-order valence-corrected chi connectivity index (χ4v) is 3.37. The first kappa shape index (κ1) is 17.7. The van der Waals surface area contributed by atoms with Crippen molar-refractivity contribution in [3.05, 3.63) is 33.3 Å². The van der Waals surface area contributed by atoms with Gasteiger partial charge in [0.1, 0.15) is 0 Å². The van der Waals surface area contributed by atoms with Gasteiger partial charge in [0, 0.05) is 36.6 Å². The summed E-state index contributed by atoms with van der Waals surface area (Å²) < 4.78 is 0.927. The van der Waals surface area contributed by atoms with Crippen LogP contribution in [0.3, 0.4) is 0 Å². The summed E-state index contributed by atoms with van der Waals surface area (Å²) >= 11 is 9.52. The zero-order chi connectivity index (χ0) is 15.9. The minimum Gasteiger partial charge on any atom is -0.354 e. The van der Waals surface area contributed by atoms with Crippen molar-refractivity contribution in [1.82, 2.24) is 10.2 Å². The predicted octanol–water partition coefficient (Wildman–Crippen LogP) is 2.92. The van der Waals surface area contributed by atoms with Crippen LogP contribution in [0.1, 0.15) is 31.2 Å². The van der Waals surface area contributed by atoms with Gasteiger partial charge in [-0.1, -0.05) is 24.1 Å². The zero-order valence-corrected chi connectivity index (χ0v) is 15.0. The summed E-state index contributed by atoms with van der Waals surface area (Å²) in [5.41, 5.74) is 6.64. The van der Waals surface area contributed by atoms with Gasteiger partial charge in [0.15, 0.2) is 0 Å². The highest BCUT2D eigenvalue weighted by Crippen LogP contribution is 2.25. The Morgan fingerprint density at radius 1 is 1.45 bits per heavy atom. The number of piperidine rings is 1. The smallest absolute Gasteiger partial charge is 0.221 e. The highest BCUT2D eigenvalue weighted by atomic mass is 79.9. The number of hydrogen-bond donors (Lipinski definition) is 2. The standard InChI is InChI=1S/C16H23BrClN3O/c17-14-9-12(4-5-15(14)18)11-21-8-2-1-3-13(21)10-20-16(22)6-7-19/h4-5,9,13H,1-3,6-8,10-11,19H2,(H,20,22). The Morgan fingerprint density at radius 2 is 2.27 bits per heavy atom. The molecule has 0 aliphatic carbocycles. The predicted molar refractivity (Wildman–Crippen MR) is 93.9 cm³/mol. The topological polar surface area (TPSA) is 58.4 Å². The van der Waals surface area contributed by atoms with Crippen molar-refractivity contribution in [2.75, 3.05) is 19.6 Å². The molecule has 1 aliphatic rings. The molecule has 1 amide bonds. The van der Waals surface area contributed by atoms with Crippen LogP contribution >= 0.6 is 27.5 Å². The molecule has 0 spiro atoms. The zero-order valence-electron chi connectivity index (χ0n) is 12.7. The molecule has 1 aromatic rings. The second-order valence-electron chi connectivity index (χ2n) is 5.71. The summed E-state index contributed by atoms with van der Waals surface area (Å²) in [6.45, 7) is 3.05. The monoisotopic (exact) mass is 387 g/mol. The number of amides is 1. The summed E-state index contributed by atoms with van der Waals surface area (Å²) in [5.74, 6) is 0.0438. The Morgan fingerprint density at radius 3 is 3.00 bits per heavy atom. The fraction of sp³-hybridized carbons (Fsp3) is 0.562. The van der Waals surface area contributed by atoms with Gasteiger partial charge in [-0.25, -0.2) is 0 Å². The molecular weight excluding hydrogens is 366 g/mol. The molecule has 1 aliphatic heterocycles. The molecule has 6 heteroatoms. The number of carbonyl (C=O) groups excluding carboxylic acids is 1. The number of nitrogens with one attached hydrogen (secondary N) is 1. The lowest BCUT2D eigenvalue weighted by Gasteiger charge is -2.36. The van der Waals surface area contributed by atoms with Crippen LogP contribution < -0.4 is 11.1 Å². The quantitative estimate of drug-likeness (QED) is 0.788. The highest BCUT2D eigenvalue weighted by molar-refractivity contribution is 9.10. The van der Waals surface area contributed by atoms with Crippen LogP contribution in [-0.4, -0.2) is 36.5 Å². The molecule has 0 bridgehead atoms. The van der Waals surface area contributed by atoms with Gasteiger partial charge in [0.05, 0.1) is 5.02 Å². The number of rotatable bonds is 6. The molecule has 1 heterocycles. The lowest BCUT2D eigenvalue weighted by Crippen LogP contribution is -2.46. The van der Waals surface area contributed by atoms with Crippen molar-refractivity contribution in [2.24, 2.45) is 5.73 Å². The van der Waals surface area contributed by atoms with Crippen LogP contribution in [0.4, 0.5) is 0 Å². The first-order valence-corrected chi connectivity index (χ1v) is 8.92. The number of nitrogens with two attached hydrogens (primary N) is 1. The molecule has 0 radical (unpaired) electrons. The van der Waals surface area contributed by atoms with E-state index < -0.39 is 0 Å². The van der Waals surface area contributed by atoms with Crippen LogP contribution in [-0.2, 0) is 11.3 Å². The molecule has 4 nitrogen and oxygen atoms in total. The largest absolute Gasteiger partial charge is 0.354 e. The number of hydrogen-bond acceptors (Lipinski definition) is 3.